The van der Waals surface area contributed by atoms with Gasteiger partial charge in [-0.1, -0.05) is 59.3 Å². The average molecular weight is 653 g/mol. The lowest BCUT2D eigenvalue weighted by atomic mass is 9.99. The first-order chi connectivity index (χ1) is 23.3. The number of nitrogens with zero attached hydrogens (tertiary/aromatic N) is 7. The van der Waals surface area contributed by atoms with Gasteiger partial charge in [-0.3, -0.25) is 14.4 Å². The third kappa shape index (κ3) is 8.15. The Bertz CT molecular complexity index is 1720. The molecule has 1 fully saturated rings. The van der Waals surface area contributed by atoms with Gasteiger partial charge in [-0.15, -0.1) is 0 Å². The Kier molecular flexibility index (Phi) is 10.6. The normalized spacial score (nSPS) is 19.3. The third-order valence-electron chi connectivity index (χ3n) is 9.12. The number of carbonyl (C=O) groups is 3. The highest BCUT2D eigenvalue weighted by Crippen LogP contribution is 2.24. The quantitative estimate of drug-likeness (QED) is 0.311. The molecule has 0 bridgehead atoms. The van der Waals surface area contributed by atoms with E-state index in [1.807, 2.05) is 78.0 Å². The van der Waals surface area contributed by atoms with E-state index < -0.39 is 12.1 Å². The van der Waals surface area contributed by atoms with Crippen molar-refractivity contribution in [2.75, 3.05) is 19.6 Å². The Morgan fingerprint density at radius 1 is 0.958 bits per heavy atom. The van der Waals surface area contributed by atoms with Crippen LogP contribution < -0.4 is 5.32 Å². The van der Waals surface area contributed by atoms with E-state index in [-0.39, 0.29) is 24.1 Å². The largest absolute Gasteiger partial charge is 0.344 e. The van der Waals surface area contributed by atoms with Gasteiger partial charge in [-0.25, -0.2) is 9.67 Å². The van der Waals surface area contributed by atoms with Crippen LogP contribution in [-0.2, 0) is 33.8 Å². The smallest absolute Gasteiger partial charge is 0.243 e. The van der Waals surface area contributed by atoms with Crippen LogP contribution in [0.5, 0.6) is 0 Å². The average Bonchev–Trinajstić information content (AvgIpc) is 3.72. The van der Waals surface area contributed by atoms with Crippen molar-refractivity contribution in [1.29, 1.82) is 0 Å². The Balaban J connectivity index is 1.18. The lowest BCUT2D eigenvalue weighted by Crippen LogP contribution is -2.53. The summed E-state index contributed by atoms with van der Waals surface area (Å²) in [7, 11) is 0. The molecule has 0 radical (unpaired) electrons. The van der Waals surface area contributed by atoms with Crippen LogP contribution in [0.2, 0.25) is 0 Å². The standard InChI is InChI=1S/C36H44N8O4/c1-25-11-8-14-28(23-25)34-39-31(48-41-34)16-9-17-32(45)42-19-10-18-33(46)43-20-7-6-15-30(43)36(47)38-29(24-27-12-4-3-5-13-27)35-37-26(2)40-44(35)22-21-42/h3-5,8,11-14,23,29-30H,6-7,9-10,15-22,24H2,1-2H3,(H,38,47)/t29-,30+/m1/s1. The Morgan fingerprint density at radius 2 is 1.81 bits per heavy atom. The van der Waals surface area contributed by atoms with Crippen LogP contribution in [0.1, 0.15) is 79.7 Å². The van der Waals surface area contributed by atoms with E-state index in [1.54, 1.807) is 4.90 Å². The van der Waals surface area contributed by atoms with Gasteiger partial charge in [0.25, 0.3) is 0 Å². The molecule has 0 unspecified atom stereocenters. The molecule has 2 aromatic carbocycles. The van der Waals surface area contributed by atoms with Crippen molar-refractivity contribution in [3.63, 3.8) is 0 Å². The second kappa shape index (κ2) is 15.4. The fourth-order valence-electron chi connectivity index (χ4n) is 6.67. The number of nitrogens with one attached hydrogen (secondary N) is 1. The van der Waals surface area contributed by atoms with E-state index in [9.17, 15) is 14.4 Å². The summed E-state index contributed by atoms with van der Waals surface area (Å²) >= 11 is 0. The second-order valence-corrected chi connectivity index (χ2v) is 12.8. The third-order valence-corrected chi connectivity index (χ3v) is 9.12. The van der Waals surface area contributed by atoms with E-state index in [2.05, 4.69) is 20.6 Å². The van der Waals surface area contributed by atoms with E-state index in [0.717, 1.165) is 29.5 Å². The molecule has 252 valence electrons. The number of carbonyl (C=O) groups excluding carboxylic acids is 3. The molecule has 2 atom stereocenters. The highest BCUT2D eigenvalue weighted by Gasteiger charge is 2.34. The van der Waals surface area contributed by atoms with Gasteiger partial charge in [0.05, 0.1) is 12.6 Å². The number of fused-ring (bicyclic) bond motifs is 2. The zero-order valence-corrected chi connectivity index (χ0v) is 27.8. The fourth-order valence-corrected chi connectivity index (χ4v) is 6.67. The summed E-state index contributed by atoms with van der Waals surface area (Å²) in [5, 5.41) is 12.1. The molecule has 1 saturated heterocycles. The summed E-state index contributed by atoms with van der Waals surface area (Å²) < 4.78 is 7.30. The topological polar surface area (TPSA) is 139 Å². The van der Waals surface area contributed by atoms with Crippen molar-refractivity contribution in [2.45, 2.75) is 90.3 Å². The maximum absolute atomic E-state index is 13.8. The molecule has 48 heavy (non-hydrogen) atoms. The molecule has 0 spiro atoms. The summed E-state index contributed by atoms with van der Waals surface area (Å²) in [6.45, 7) is 5.66. The zero-order chi connectivity index (χ0) is 33.5. The molecule has 0 aliphatic carbocycles. The number of aryl methyl sites for hydroxylation is 3. The summed E-state index contributed by atoms with van der Waals surface area (Å²) in [5.41, 5.74) is 3.06. The van der Waals surface area contributed by atoms with Crippen LogP contribution in [0, 0.1) is 13.8 Å². The summed E-state index contributed by atoms with van der Waals surface area (Å²) in [6, 6.07) is 16.9. The summed E-state index contributed by atoms with van der Waals surface area (Å²) in [5.74, 6) is 2.07. The van der Waals surface area contributed by atoms with E-state index in [1.165, 1.54) is 0 Å². The molecule has 12 nitrogen and oxygen atoms in total. The molecule has 1 N–H and O–H groups in total. The van der Waals surface area contributed by atoms with Crippen molar-refractivity contribution in [2.24, 2.45) is 0 Å². The van der Waals surface area contributed by atoms with Gasteiger partial charge in [0.15, 0.2) is 0 Å². The van der Waals surface area contributed by atoms with Crippen LogP contribution in [0.25, 0.3) is 11.4 Å². The second-order valence-electron chi connectivity index (χ2n) is 12.8. The molecule has 2 aliphatic rings. The highest BCUT2D eigenvalue weighted by molar-refractivity contribution is 5.88. The number of rotatable bonds is 7. The number of aromatic nitrogens is 5. The first-order valence-corrected chi connectivity index (χ1v) is 17.1. The van der Waals surface area contributed by atoms with Crippen molar-refractivity contribution in [3.8, 4) is 11.4 Å². The van der Waals surface area contributed by atoms with Crippen LogP contribution >= 0.6 is 0 Å². The zero-order valence-electron chi connectivity index (χ0n) is 27.8. The molecular weight excluding hydrogens is 608 g/mol. The van der Waals surface area contributed by atoms with Crippen molar-refractivity contribution in [3.05, 3.63) is 83.3 Å². The Labute approximate surface area is 280 Å². The highest BCUT2D eigenvalue weighted by atomic mass is 16.5. The van der Waals surface area contributed by atoms with Crippen molar-refractivity contribution in [1.82, 2.24) is 40.0 Å². The minimum Gasteiger partial charge on any atom is -0.344 e. The predicted molar refractivity (Wildman–Crippen MR) is 178 cm³/mol. The van der Waals surface area contributed by atoms with Gasteiger partial charge in [0.1, 0.15) is 17.7 Å². The summed E-state index contributed by atoms with van der Waals surface area (Å²) in [6.07, 6.45) is 5.04. The predicted octanol–water partition coefficient (Wildman–Crippen LogP) is 4.37. The maximum Gasteiger partial charge on any atom is 0.243 e. The number of piperidine rings is 1. The fraction of sp³-hybridized carbons (Fsp3) is 0.472. The van der Waals surface area contributed by atoms with Crippen molar-refractivity contribution >= 4 is 17.7 Å². The molecule has 0 saturated carbocycles. The maximum atomic E-state index is 13.8. The van der Waals surface area contributed by atoms with Crippen molar-refractivity contribution < 1.29 is 18.9 Å². The number of benzene rings is 2. The van der Waals surface area contributed by atoms with Gasteiger partial charge in [0.2, 0.25) is 29.4 Å². The van der Waals surface area contributed by atoms with E-state index in [4.69, 9.17) is 9.51 Å². The van der Waals surface area contributed by atoms with E-state index in [0.29, 0.717) is 88.1 Å². The van der Waals surface area contributed by atoms with Crippen LogP contribution in [0.3, 0.4) is 0 Å². The van der Waals surface area contributed by atoms with Gasteiger partial charge < -0.3 is 19.6 Å². The molecule has 6 rings (SSSR count). The van der Waals surface area contributed by atoms with Crippen LogP contribution in [0.4, 0.5) is 0 Å². The van der Waals surface area contributed by atoms with Gasteiger partial charge in [-0.2, -0.15) is 10.1 Å². The summed E-state index contributed by atoms with van der Waals surface area (Å²) in [4.78, 5) is 53.7. The lowest BCUT2D eigenvalue weighted by molar-refractivity contribution is -0.143. The molecule has 2 aromatic heterocycles. The van der Waals surface area contributed by atoms with Gasteiger partial charge >= 0.3 is 0 Å². The molecular formula is C36H44N8O4. The SMILES string of the molecule is Cc1cccc(-c2noc(CCCC(=O)N3CCCC(=O)N4CCCC[C@H]4C(=O)N[C@H](Cc4ccccc4)c4nc(C)nn4CC3)n2)c1. The Hall–Kier alpha value is -4.87. The Morgan fingerprint density at radius 3 is 2.65 bits per heavy atom. The minimum atomic E-state index is -0.529. The number of amides is 3. The molecule has 3 amide bonds. The molecule has 2 aliphatic heterocycles. The van der Waals surface area contributed by atoms with Crippen LogP contribution in [0.15, 0.2) is 59.1 Å². The minimum absolute atomic E-state index is 0.00339. The van der Waals surface area contributed by atoms with Crippen LogP contribution in [-0.4, -0.2) is 78.1 Å². The van der Waals surface area contributed by atoms with Gasteiger partial charge in [-0.05, 0) is 64.0 Å². The molecule has 12 heteroatoms. The molecule has 4 heterocycles. The monoisotopic (exact) mass is 652 g/mol. The first-order valence-electron chi connectivity index (χ1n) is 17.1. The molecule has 4 aromatic rings. The first kappa shape index (κ1) is 33.0. The lowest BCUT2D eigenvalue weighted by Gasteiger charge is -2.36. The van der Waals surface area contributed by atoms with Gasteiger partial charge in [0, 0.05) is 44.5 Å². The van der Waals surface area contributed by atoms with E-state index >= 15 is 0 Å². The number of hydrogen-bond donors (Lipinski definition) is 1. The number of hydrogen-bond acceptors (Lipinski definition) is 8.